The van der Waals surface area contributed by atoms with Gasteiger partial charge >= 0.3 is 0 Å². The van der Waals surface area contributed by atoms with Crippen LogP contribution in [0.15, 0.2) is 115 Å². The average molecular weight is 417 g/mol. The molecule has 2 nitrogen and oxygen atoms in total. The first-order valence-electron chi connectivity index (χ1n) is 11.0. The maximum atomic E-state index is 4.96. The fourth-order valence-electron chi connectivity index (χ4n) is 4.08. The molecule has 0 saturated heterocycles. The van der Waals surface area contributed by atoms with Gasteiger partial charge in [0.05, 0.1) is 16.7 Å². The Kier molecular flexibility index (Phi) is 6.32. The molecule has 0 aliphatic heterocycles. The molecule has 0 aliphatic rings. The lowest BCUT2D eigenvalue weighted by Crippen LogP contribution is -2.09. The fourth-order valence-corrected chi connectivity index (χ4v) is 4.08. The number of aromatic nitrogens is 1. The van der Waals surface area contributed by atoms with Crippen molar-refractivity contribution in [3.63, 3.8) is 0 Å². The number of hydrogen-bond acceptors (Lipinski definition) is 1. The van der Waals surface area contributed by atoms with Crippen LogP contribution in [-0.4, -0.2) is 10.4 Å². The molecule has 1 aromatic heterocycles. The average Bonchev–Trinajstić information content (AvgIpc) is 3.16. The second-order valence-corrected chi connectivity index (χ2v) is 7.61. The largest absolute Gasteiger partial charge is 0.294 e. The molecule has 4 aromatic rings. The number of hydrogen-bond donors (Lipinski definition) is 0. The maximum Gasteiger partial charge on any atom is 0.137 e. The monoisotopic (exact) mass is 416 g/mol. The molecule has 158 valence electrons. The Morgan fingerprint density at radius 1 is 0.750 bits per heavy atom. The fraction of sp³-hybridized carbons (Fsp3) is 0.100. The summed E-state index contributed by atoms with van der Waals surface area (Å²) < 4.78 is 2.23. The van der Waals surface area contributed by atoms with Gasteiger partial charge in [-0.15, -0.1) is 0 Å². The van der Waals surface area contributed by atoms with Gasteiger partial charge in [0.25, 0.3) is 0 Å². The third-order valence-electron chi connectivity index (χ3n) is 5.56. The van der Waals surface area contributed by atoms with Gasteiger partial charge in [-0.25, -0.2) is 4.99 Å². The Morgan fingerprint density at radius 2 is 1.44 bits per heavy atom. The van der Waals surface area contributed by atoms with Gasteiger partial charge < -0.3 is 0 Å². The zero-order valence-corrected chi connectivity index (χ0v) is 18.9. The highest BCUT2D eigenvalue weighted by atomic mass is 15.1. The molecule has 0 bridgehead atoms. The molecule has 0 unspecified atom stereocenters. The van der Waals surface area contributed by atoms with Crippen molar-refractivity contribution in [2.75, 3.05) is 0 Å². The summed E-state index contributed by atoms with van der Waals surface area (Å²) in [5.74, 6) is 0.847. The summed E-state index contributed by atoms with van der Waals surface area (Å²) in [6.45, 7) is 10.4. The molecule has 0 amide bonds. The van der Waals surface area contributed by atoms with Gasteiger partial charge in [-0.05, 0) is 61.7 Å². The van der Waals surface area contributed by atoms with Crippen molar-refractivity contribution in [1.29, 1.82) is 0 Å². The van der Waals surface area contributed by atoms with Crippen LogP contribution < -0.4 is 0 Å². The van der Waals surface area contributed by atoms with Gasteiger partial charge in [-0.1, -0.05) is 85.5 Å². The lowest BCUT2D eigenvalue weighted by Gasteiger charge is -2.10. The Balaban J connectivity index is 1.97. The summed E-state index contributed by atoms with van der Waals surface area (Å²) in [5, 5.41) is 2.42. The minimum absolute atomic E-state index is 0.741. The van der Waals surface area contributed by atoms with Gasteiger partial charge in [0.2, 0.25) is 0 Å². The van der Waals surface area contributed by atoms with Gasteiger partial charge in [-0.3, -0.25) is 4.57 Å². The molecule has 0 spiro atoms. The third-order valence-corrected chi connectivity index (χ3v) is 5.56. The number of para-hydroxylation sites is 1. The Bertz CT molecular complexity index is 1390. The van der Waals surface area contributed by atoms with Crippen LogP contribution in [0.25, 0.3) is 33.1 Å². The van der Waals surface area contributed by atoms with Crippen molar-refractivity contribution >= 4 is 38.9 Å². The van der Waals surface area contributed by atoms with Crippen LogP contribution in [0.4, 0.5) is 0 Å². The maximum absolute atomic E-state index is 4.96. The van der Waals surface area contributed by atoms with Crippen molar-refractivity contribution in [3.8, 4) is 0 Å². The van der Waals surface area contributed by atoms with Gasteiger partial charge in [0, 0.05) is 10.8 Å². The van der Waals surface area contributed by atoms with E-state index >= 15 is 0 Å². The number of nitrogens with zero attached hydrogens (tertiary/aromatic N) is 2. The van der Waals surface area contributed by atoms with E-state index < -0.39 is 0 Å². The smallest absolute Gasteiger partial charge is 0.137 e. The van der Waals surface area contributed by atoms with Gasteiger partial charge in [-0.2, -0.15) is 0 Å². The second-order valence-electron chi connectivity index (χ2n) is 7.61. The molecule has 0 atom stereocenters. The number of aliphatic imine (C=N–C) groups is 1. The Hall–Kier alpha value is -3.91. The summed E-state index contributed by atoms with van der Waals surface area (Å²) in [6, 6.07) is 25.3. The Morgan fingerprint density at radius 3 is 2.16 bits per heavy atom. The zero-order chi connectivity index (χ0) is 22.5. The molecule has 0 radical (unpaired) electrons. The standard InChI is InChI=1S/C30H28N2/c1-5-13-23(7-3)25-19-20-29-27(21-25)26-17-11-12-18-28(26)32(29)30(14-6-2)31-22(4)24-15-9-8-10-16-24/h5-21H,4H2,1-3H3/b13-5?,14-6-,23-7?,31-30?. The van der Waals surface area contributed by atoms with E-state index in [2.05, 4.69) is 78.8 Å². The topological polar surface area (TPSA) is 17.3 Å². The van der Waals surface area contributed by atoms with Crippen LogP contribution in [0, 0.1) is 0 Å². The van der Waals surface area contributed by atoms with E-state index in [0.717, 1.165) is 28.1 Å². The first kappa shape index (κ1) is 21.3. The summed E-state index contributed by atoms with van der Waals surface area (Å²) in [6.07, 6.45) is 10.4. The number of fused-ring (bicyclic) bond motifs is 3. The summed E-state index contributed by atoms with van der Waals surface area (Å²) in [7, 11) is 0. The molecular weight excluding hydrogens is 388 g/mol. The molecule has 4 rings (SSSR count). The highest BCUT2D eigenvalue weighted by Gasteiger charge is 2.14. The third kappa shape index (κ3) is 4.00. The SMILES string of the molecule is C=C(N=C(/C=C\C)n1c2ccccc2c2cc(C(C=CC)=CC)ccc21)c1ccccc1. The normalized spacial score (nSPS) is 13.1. The minimum atomic E-state index is 0.741. The molecule has 2 heteroatoms. The highest BCUT2D eigenvalue weighted by Crippen LogP contribution is 2.32. The van der Waals surface area contributed by atoms with Crippen molar-refractivity contribution in [2.45, 2.75) is 20.8 Å². The van der Waals surface area contributed by atoms with E-state index in [1.54, 1.807) is 0 Å². The lowest BCUT2D eigenvalue weighted by atomic mass is 10.0. The van der Waals surface area contributed by atoms with E-state index in [4.69, 9.17) is 4.99 Å². The predicted octanol–water partition coefficient (Wildman–Crippen LogP) is 8.27. The first-order valence-corrected chi connectivity index (χ1v) is 11.0. The lowest BCUT2D eigenvalue weighted by molar-refractivity contribution is 1.26. The zero-order valence-electron chi connectivity index (χ0n) is 18.9. The molecule has 32 heavy (non-hydrogen) atoms. The summed E-state index contributed by atoms with van der Waals surface area (Å²) in [4.78, 5) is 4.96. The first-order chi connectivity index (χ1) is 15.7. The number of rotatable bonds is 5. The van der Waals surface area contributed by atoms with Crippen LogP contribution >= 0.6 is 0 Å². The van der Waals surface area contributed by atoms with Crippen LogP contribution in [-0.2, 0) is 0 Å². The summed E-state index contributed by atoms with van der Waals surface area (Å²) >= 11 is 0. The number of allylic oxidation sites excluding steroid dienone is 6. The number of benzene rings is 3. The van der Waals surface area contributed by atoms with Gasteiger partial charge in [0.15, 0.2) is 0 Å². The summed E-state index contributed by atoms with van der Waals surface area (Å²) in [5.41, 5.74) is 6.44. The van der Waals surface area contributed by atoms with Crippen LogP contribution in [0.2, 0.25) is 0 Å². The van der Waals surface area contributed by atoms with Crippen molar-refractivity contribution in [2.24, 2.45) is 4.99 Å². The van der Waals surface area contributed by atoms with E-state index in [0.29, 0.717) is 0 Å². The van der Waals surface area contributed by atoms with Crippen molar-refractivity contribution in [1.82, 2.24) is 4.57 Å². The quantitative estimate of drug-likeness (QED) is 0.177. The highest BCUT2D eigenvalue weighted by molar-refractivity contribution is 6.17. The molecule has 3 aromatic carbocycles. The van der Waals surface area contributed by atoms with Crippen molar-refractivity contribution in [3.05, 3.63) is 121 Å². The molecule has 1 heterocycles. The van der Waals surface area contributed by atoms with E-state index in [9.17, 15) is 0 Å². The predicted molar refractivity (Wildman–Crippen MR) is 141 cm³/mol. The molecule has 0 N–H and O–H groups in total. The van der Waals surface area contributed by atoms with Gasteiger partial charge in [0.1, 0.15) is 5.84 Å². The van der Waals surface area contributed by atoms with E-state index in [-0.39, 0.29) is 0 Å². The minimum Gasteiger partial charge on any atom is -0.294 e. The van der Waals surface area contributed by atoms with E-state index in [1.807, 2.05) is 56.3 Å². The molecule has 0 saturated carbocycles. The van der Waals surface area contributed by atoms with Crippen LogP contribution in [0.1, 0.15) is 31.9 Å². The van der Waals surface area contributed by atoms with Crippen LogP contribution in [0.5, 0.6) is 0 Å². The molecular formula is C30H28N2. The Labute approximate surface area is 190 Å². The molecule has 0 fully saturated rings. The van der Waals surface area contributed by atoms with Crippen LogP contribution in [0.3, 0.4) is 0 Å². The second kappa shape index (κ2) is 9.49. The molecule has 0 aliphatic carbocycles. The van der Waals surface area contributed by atoms with E-state index in [1.165, 1.54) is 21.9 Å². The van der Waals surface area contributed by atoms with Crippen molar-refractivity contribution < 1.29 is 0 Å².